The van der Waals surface area contributed by atoms with E-state index in [1.807, 2.05) is 36.4 Å². The monoisotopic (exact) mass is 254 g/mol. The zero-order chi connectivity index (χ0) is 13.4. The van der Waals surface area contributed by atoms with Crippen molar-refractivity contribution in [2.75, 3.05) is 0 Å². The Morgan fingerprint density at radius 3 is 2.05 bits per heavy atom. The molecule has 0 aliphatic heterocycles. The molecule has 0 aliphatic carbocycles. The molecule has 0 atom stereocenters. The standard InChI is InChI=1S/C15H10O4/c16-13-7-11-5-9-3-1-2-4-10(9)6-12(11)8-14(13)19-15(17)18/h1-8,16H,(H,17,18). The summed E-state index contributed by atoms with van der Waals surface area (Å²) in [6, 6.07) is 14.7. The number of carbonyl (C=O) groups is 1. The maximum atomic E-state index is 10.5. The predicted octanol–water partition coefficient (Wildman–Crippen LogP) is 3.76. The van der Waals surface area contributed by atoms with Crippen molar-refractivity contribution < 1.29 is 19.7 Å². The molecule has 0 bridgehead atoms. The topological polar surface area (TPSA) is 66.8 Å². The van der Waals surface area contributed by atoms with E-state index in [1.54, 1.807) is 0 Å². The minimum atomic E-state index is -1.45. The van der Waals surface area contributed by atoms with Gasteiger partial charge in [0.05, 0.1) is 0 Å². The molecule has 0 radical (unpaired) electrons. The normalized spacial score (nSPS) is 10.7. The number of benzene rings is 3. The van der Waals surface area contributed by atoms with Crippen LogP contribution in [0.25, 0.3) is 21.5 Å². The molecule has 0 spiro atoms. The van der Waals surface area contributed by atoms with Crippen LogP contribution < -0.4 is 4.74 Å². The molecule has 3 rings (SSSR count). The molecule has 2 N–H and O–H groups in total. The van der Waals surface area contributed by atoms with E-state index in [0.29, 0.717) is 0 Å². The summed E-state index contributed by atoms with van der Waals surface area (Å²) in [7, 11) is 0. The smallest absolute Gasteiger partial charge is 0.504 e. The van der Waals surface area contributed by atoms with E-state index < -0.39 is 6.16 Å². The molecule has 0 aliphatic rings. The van der Waals surface area contributed by atoms with Crippen LogP contribution >= 0.6 is 0 Å². The lowest BCUT2D eigenvalue weighted by Crippen LogP contribution is -2.02. The molecule has 0 saturated heterocycles. The van der Waals surface area contributed by atoms with Crippen molar-refractivity contribution in [2.24, 2.45) is 0 Å². The van der Waals surface area contributed by atoms with Gasteiger partial charge in [-0.05, 0) is 45.8 Å². The Labute approximate surface area is 108 Å². The second kappa shape index (κ2) is 4.17. The van der Waals surface area contributed by atoms with Crippen LogP contribution in [0.15, 0.2) is 48.5 Å². The quantitative estimate of drug-likeness (QED) is 0.394. The first-order valence-corrected chi connectivity index (χ1v) is 5.70. The Bertz CT molecular complexity index is 793. The maximum absolute atomic E-state index is 10.5. The summed E-state index contributed by atoms with van der Waals surface area (Å²) in [5.41, 5.74) is 0. The van der Waals surface area contributed by atoms with Gasteiger partial charge in [-0.25, -0.2) is 4.79 Å². The van der Waals surface area contributed by atoms with Gasteiger partial charge in [0.25, 0.3) is 0 Å². The van der Waals surface area contributed by atoms with Gasteiger partial charge in [-0.1, -0.05) is 24.3 Å². The fourth-order valence-corrected chi connectivity index (χ4v) is 2.13. The third kappa shape index (κ3) is 2.04. The van der Waals surface area contributed by atoms with Crippen molar-refractivity contribution in [1.29, 1.82) is 0 Å². The van der Waals surface area contributed by atoms with E-state index in [-0.39, 0.29) is 11.5 Å². The molecule has 3 aromatic rings. The van der Waals surface area contributed by atoms with Gasteiger partial charge in [0.2, 0.25) is 0 Å². The molecule has 94 valence electrons. The number of ether oxygens (including phenoxy) is 1. The highest BCUT2D eigenvalue weighted by Crippen LogP contribution is 2.33. The Kier molecular flexibility index (Phi) is 2.49. The van der Waals surface area contributed by atoms with Crippen LogP contribution in [-0.4, -0.2) is 16.4 Å². The average molecular weight is 254 g/mol. The molecule has 0 heterocycles. The Hall–Kier alpha value is -2.75. The van der Waals surface area contributed by atoms with E-state index in [1.165, 1.54) is 12.1 Å². The van der Waals surface area contributed by atoms with Crippen molar-refractivity contribution in [3.63, 3.8) is 0 Å². The number of fused-ring (bicyclic) bond motifs is 2. The first-order valence-electron chi connectivity index (χ1n) is 5.70. The van der Waals surface area contributed by atoms with E-state index in [2.05, 4.69) is 4.74 Å². The lowest BCUT2D eigenvalue weighted by molar-refractivity contribution is 0.143. The minimum Gasteiger partial charge on any atom is -0.504 e. The van der Waals surface area contributed by atoms with E-state index >= 15 is 0 Å². The molecular formula is C15H10O4. The highest BCUT2D eigenvalue weighted by Gasteiger charge is 2.09. The van der Waals surface area contributed by atoms with Crippen LogP contribution in [0.2, 0.25) is 0 Å². The third-order valence-corrected chi connectivity index (χ3v) is 2.98. The number of carboxylic acid groups (broad SMARTS) is 1. The number of phenolic OH excluding ortho intramolecular Hbond substituents is 1. The highest BCUT2D eigenvalue weighted by molar-refractivity contribution is 5.99. The number of hydrogen-bond acceptors (Lipinski definition) is 3. The van der Waals surface area contributed by atoms with E-state index in [4.69, 9.17) is 5.11 Å². The molecule has 0 aromatic heterocycles. The SMILES string of the molecule is O=C(O)Oc1cc2cc3ccccc3cc2cc1O. The zero-order valence-electron chi connectivity index (χ0n) is 9.83. The van der Waals surface area contributed by atoms with Gasteiger partial charge in [0.1, 0.15) is 0 Å². The van der Waals surface area contributed by atoms with Crippen molar-refractivity contribution in [3.8, 4) is 11.5 Å². The van der Waals surface area contributed by atoms with E-state index in [9.17, 15) is 9.90 Å². The van der Waals surface area contributed by atoms with Gasteiger partial charge in [-0.15, -0.1) is 0 Å². The summed E-state index contributed by atoms with van der Waals surface area (Å²) in [4.78, 5) is 10.5. The Morgan fingerprint density at radius 1 is 0.895 bits per heavy atom. The number of aromatic hydroxyl groups is 1. The second-order valence-electron chi connectivity index (χ2n) is 4.23. The van der Waals surface area contributed by atoms with Crippen molar-refractivity contribution in [2.45, 2.75) is 0 Å². The average Bonchev–Trinajstić information content (AvgIpc) is 2.37. The van der Waals surface area contributed by atoms with Crippen LogP contribution in [-0.2, 0) is 0 Å². The molecular weight excluding hydrogens is 244 g/mol. The maximum Gasteiger partial charge on any atom is 0.511 e. The number of hydrogen-bond donors (Lipinski definition) is 2. The van der Waals surface area contributed by atoms with Crippen molar-refractivity contribution in [3.05, 3.63) is 48.5 Å². The van der Waals surface area contributed by atoms with Gasteiger partial charge in [0.15, 0.2) is 11.5 Å². The van der Waals surface area contributed by atoms with Crippen LogP contribution in [0.3, 0.4) is 0 Å². The fraction of sp³-hybridized carbons (Fsp3) is 0. The molecule has 0 saturated carbocycles. The predicted molar refractivity (Wildman–Crippen MR) is 71.8 cm³/mol. The van der Waals surface area contributed by atoms with Gasteiger partial charge < -0.3 is 14.9 Å². The summed E-state index contributed by atoms with van der Waals surface area (Å²) in [6.07, 6.45) is -1.45. The summed E-state index contributed by atoms with van der Waals surface area (Å²) >= 11 is 0. The Balaban J connectivity index is 2.26. The molecule has 0 unspecified atom stereocenters. The van der Waals surface area contributed by atoms with Crippen molar-refractivity contribution >= 4 is 27.7 Å². The van der Waals surface area contributed by atoms with Crippen LogP contribution in [0.5, 0.6) is 11.5 Å². The summed E-state index contributed by atoms with van der Waals surface area (Å²) in [6.45, 7) is 0. The van der Waals surface area contributed by atoms with Gasteiger partial charge in [0, 0.05) is 0 Å². The lowest BCUT2D eigenvalue weighted by atomic mass is 10.0. The largest absolute Gasteiger partial charge is 0.511 e. The molecule has 4 nitrogen and oxygen atoms in total. The van der Waals surface area contributed by atoms with Crippen LogP contribution in [0, 0.1) is 0 Å². The van der Waals surface area contributed by atoms with Gasteiger partial charge in [-0.2, -0.15) is 0 Å². The molecule has 0 amide bonds. The summed E-state index contributed by atoms with van der Waals surface area (Å²) in [5.74, 6) is -0.250. The highest BCUT2D eigenvalue weighted by atomic mass is 16.7. The zero-order valence-corrected chi connectivity index (χ0v) is 9.83. The fourth-order valence-electron chi connectivity index (χ4n) is 2.13. The van der Waals surface area contributed by atoms with Crippen LogP contribution in [0.4, 0.5) is 4.79 Å². The third-order valence-electron chi connectivity index (χ3n) is 2.98. The summed E-state index contributed by atoms with van der Waals surface area (Å²) < 4.78 is 4.53. The van der Waals surface area contributed by atoms with E-state index in [0.717, 1.165) is 21.5 Å². The first kappa shape index (κ1) is 11.3. The van der Waals surface area contributed by atoms with Gasteiger partial charge >= 0.3 is 6.16 Å². The second-order valence-corrected chi connectivity index (χ2v) is 4.23. The van der Waals surface area contributed by atoms with Crippen molar-refractivity contribution in [1.82, 2.24) is 0 Å². The lowest BCUT2D eigenvalue weighted by Gasteiger charge is -2.07. The summed E-state index contributed by atoms with van der Waals surface area (Å²) in [5, 5.41) is 22.1. The van der Waals surface area contributed by atoms with Crippen LogP contribution in [0.1, 0.15) is 0 Å². The first-order chi connectivity index (χ1) is 9.13. The molecule has 4 heteroatoms. The molecule has 19 heavy (non-hydrogen) atoms. The number of phenols is 1. The molecule has 3 aromatic carbocycles. The molecule has 0 fully saturated rings. The Morgan fingerprint density at radius 2 is 1.47 bits per heavy atom. The van der Waals surface area contributed by atoms with Gasteiger partial charge in [-0.3, -0.25) is 0 Å². The minimum absolute atomic E-state index is 0.0599. The number of rotatable bonds is 1.